The van der Waals surface area contributed by atoms with Gasteiger partial charge in [-0.1, -0.05) is 0 Å². The lowest BCUT2D eigenvalue weighted by Crippen LogP contribution is -2.43. The summed E-state index contributed by atoms with van der Waals surface area (Å²) in [7, 11) is 1.37. The fourth-order valence-corrected chi connectivity index (χ4v) is 2.37. The highest BCUT2D eigenvalue weighted by molar-refractivity contribution is 5.75. The summed E-state index contributed by atoms with van der Waals surface area (Å²) in [4.78, 5) is 11.2. The van der Waals surface area contributed by atoms with Crippen LogP contribution in [-0.4, -0.2) is 31.3 Å². The van der Waals surface area contributed by atoms with Gasteiger partial charge in [-0.3, -0.25) is 4.79 Å². The minimum Gasteiger partial charge on any atom is -0.468 e. The average Bonchev–Trinajstić information content (AvgIpc) is 2.76. The summed E-state index contributed by atoms with van der Waals surface area (Å²) >= 11 is 0. The number of carbonyl (C=O) groups is 1. The van der Waals surface area contributed by atoms with E-state index < -0.39 is 6.04 Å². The number of hydrogen-bond acceptors (Lipinski definition) is 4. The average molecular weight is 185 g/mol. The molecule has 4 atom stereocenters. The molecule has 4 nitrogen and oxygen atoms in total. The van der Waals surface area contributed by atoms with E-state index in [4.69, 9.17) is 10.5 Å². The van der Waals surface area contributed by atoms with Gasteiger partial charge in [0.05, 0.1) is 19.3 Å². The Morgan fingerprint density at radius 3 is 2.85 bits per heavy atom. The Morgan fingerprint density at radius 1 is 1.62 bits per heavy atom. The molecule has 2 N–H and O–H groups in total. The second-order valence-electron chi connectivity index (χ2n) is 3.82. The van der Waals surface area contributed by atoms with Gasteiger partial charge in [-0.05, 0) is 19.3 Å². The Kier molecular flexibility index (Phi) is 2.26. The number of nitrogens with two attached hydrogens (primary N) is 1. The van der Waals surface area contributed by atoms with E-state index in [0.717, 1.165) is 19.3 Å². The van der Waals surface area contributed by atoms with Crippen LogP contribution in [0.1, 0.15) is 19.3 Å². The van der Waals surface area contributed by atoms with Crippen LogP contribution < -0.4 is 5.73 Å². The molecule has 0 aromatic heterocycles. The van der Waals surface area contributed by atoms with Crippen LogP contribution >= 0.6 is 0 Å². The van der Waals surface area contributed by atoms with Gasteiger partial charge >= 0.3 is 5.97 Å². The zero-order chi connectivity index (χ0) is 9.42. The molecule has 0 aromatic carbocycles. The van der Waals surface area contributed by atoms with Crippen LogP contribution in [0, 0.1) is 5.92 Å². The minimum absolute atomic E-state index is 0.172. The zero-order valence-corrected chi connectivity index (χ0v) is 7.73. The van der Waals surface area contributed by atoms with Crippen LogP contribution in [0.4, 0.5) is 0 Å². The fourth-order valence-electron chi connectivity index (χ4n) is 2.37. The molecule has 4 unspecified atom stereocenters. The van der Waals surface area contributed by atoms with Crippen molar-refractivity contribution in [3.05, 3.63) is 0 Å². The lowest BCUT2D eigenvalue weighted by Gasteiger charge is -2.22. The van der Waals surface area contributed by atoms with Crippen LogP contribution in [-0.2, 0) is 14.3 Å². The highest BCUT2D eigenvalue weighted by atomic mass is 16.5. The van der Waals surface area contributed by atoms with Gasteiger partial charge < -0.3 is 15.2 Å². The minimum atomic E-state index is -0.500. The van der Waals surface area contributed by atoms with Crippen molar-refractivity contribution in [1.29, 1.82) is 0 Å². The molecule has 13 heavy (non-hydrogen) atoms. The van der Waals surface area contributed by atoms with Gasteiger partial charge in [0, 0.05) is 5.92 Å². The van der Waals surface area contributed by atoms with Gasteiger partial charge in [-0.25, -0.2) is 0 Å². The first-order valence-corrected chi connectivity index (χ1v) is 4.71. The molecular weight excluding hydrogens is 170 g/mol. The van der Waals surface area contributed by atoms with Crippen molar-refractivity contribution in [2.45, 2.75) is 37.5 Å². The molecule has 0 radical (unpaired) electrons. The second-order valence-corrected chi connectivity index (χ2v) is 3.82. The molecule has 2 fully saturated rings. The Bertz CT molecular complexity index is 219. The number of rotatable bonds is 2. The zero-order valence-electron chi connectivity index (χ0n) is 7.73. The van der Waals surface area contributed by atoms with E-state index in [-0.39, 0.29) is 18.0 Å². The van der Waals surface area contributed by atoms with Gasteiger partial charge in [0.25, 0.3) is 0 Å². The van der Waals surface area contributed by atoms with Crippen LogP contribution in [0.25, 0.3) is 0 Å². The van der Waals surface area contributed by atoms with E-state index in [2.05, 4.69) is 4.74 Å². The maximum atomic E-state index is 11.2. The molecule has 2 rings (SSSR count). The fraction of sp³-hybridized carbons (Fsp3) is 0.889. The lowest BCUT2D eigenvalue weighted by atomic mass is 9.84. The molecule has 0 aromatic rings. The van der Waals surface area contributed by atoms with E-state index in [0.29, 0.717) is 6.10 Å². The summed E-state index contributed by atoms with van der Waals surface area (Å²) in [5, 5.41) is 0. The van der Waals surface area contributed by atoms with Crippen LogP contribution in [0.3, 0.4) is 0 Å². The molecule has 0 saturated carbocycles. The summed E-state index contributed by atoms with van der Waals surface area (Å²) < 4.78 is 10.2. The highest BCUT2D eigenvalue weighted by Gasteiger charge is 2.45. The molecule has 2 bridgehead atoms. The molecule has 74 valence electrons. The largest absolute Gasteiger partial charge is 0.468 e. The summed E-state index contributed by atoms with van der Waals surface area (Å²) in [6.45, 7) is 0. The first kappa shape index (κ1) is 8.97. The quantitative estimate of drug-likeness (QED) is 0.618. The maximum absolute atomic E-state index is 11.2. The Labute approximate surface area is 77.4 Å². The Hall–Kier alpha value is -0.610. The van der Waals surface area contributed by atoms with Crippen molar-refractivity contribution >= 4 is 5.97 Å². The van der Waals surface area contributed by atoms with Crippen molar-refractivity contribution in [2.75, 3.05) is 7.11 Å². The molecule has 0 aliphatic carbocycles. The smallest absolute Gasteiger partial charge is 0.323 e. The topological polar surface area (TPSA) is 61.5 Å². The predicted octanol–water partition coefficient (Wildman–Crippen LogP) is 0.0542. The molecule has 2 aliphatic heterocycles. The van der Waals surface area contributed by atoms with Gasteiger partial charge in [0.2, 0.25) is 0 Å². The van der Waals surface area contributed by atoms with Crippen molar-refractivity contribution in [1.82, 2.24) is 0 Å². The van der Waals surface area contributed by atoms with Crippen molar-refractivity contribution < 1.29 is 14.3 Å². The first-order chi connectivity index (χ1) is 6.22. The summed E-state index contributed by atoms with van der Waals surface area (Å²) in [5.74, 6) is -0.146. The second kappa shape index (κ2) is 3.27. The third kappa shape index (κ3) is 1.44. The van der Waals surface area contributed by atoms with Crippen LogP contribution in [0.5, 0.6) is 0 Å². The number of hydrogen-bond donors (Lipinski definition) is 1. The van der Waals surface area contributed by atoms with E-state index in [1.165, 1.54) is 7.11 Å². The number of esters is 1. The van der Waals surface area contributed by atoms with Crippen molar-refractivity contribution in [3.8, 4) is 0 Å². The van der Waals surface area contributed by atoms with E-state index in [1.807, 2.05) is 0 Å². The molecule has 2 saturated heterocycles. The number of fused-ring (bicyclic) bond motifs is 2. The van der Waals surface area contributed by atoms with Crippen LogP contribution in [0.15, 0.2) is 0 Å². The molecule has 0 spiro atoms. The Morgan fingerprint density at radius 2 is 2.38 bits per heavy atom. The third-order valence-corrected chi connectivity index (χ3v) is 3.09. The van der Waals surface area contributed by atoms with E-state index in [1.54, 1.807) is 0 Å². The first-order valence-electron chi connectivity index (χ1n) is 4.71. The summed E-state index contributed by atoms with van der Waals surface area (Å²) in [6, 6.07) is -0.500. The van der Waals surface area contributed by atoms with E-state index >= 15 is 0 Å². The Balaban J connectivity index is 1.98. The van der Waals surface area contributed by atoms with Crippen molar-refractivity contribution in [2.24, 2.45) is 11.7 Å². The number of ether oxygens (including phenoxy) is 2. The standard InChI is InChI=1S/C9H15NO3/c1-12-9(11)8(10)6-4-5-2-3-7(6)13-5/h5-8H,2-4,10H2,1H3. The van der Waals surface area contributed by atoms with Gasteiger partial charge in [0.1, 0.15) is 6.04 Å². The van der Waals surface area contributed by atoms with Gasteiger partial charge in [0.15, 0.2) is 0 Å². The van der Waals surface area contributed by atoms with E-state index in [9.17, 15) is 4.79 Å². The maximum Gasteiger partial charge on any atom is 0.323 e. The summed E-state index contributed by atoms with van der Waals surface area (Å²) in [5.41, 5.74) is 5.76. The molecule has 2 heterocycles. The number of methoxy groups -OCH3 is 1. The third-order valence-electron chi connectivity index (χ3n) is 3.09. The number of carbonyl (C=O) groups excluding carboxylic acids is 1. The summed E-state index contributed by atoms with van der Waals surface area (Å²) in [6.07, 6.45) is 3.61. The van der Waals surface area contributed by atoms with Crippen LogP contribution in [0.2, 0.25) is 0 Å². The molecule has 2 aliphatic rings. The monoisotopic (exact) mass is 185 g/mol. The highest BCUT2D eigenvalue weighted by Crippen LogP contribution is 2.40. The molecule has 0 amide bonds. The van der Waals surface area contributed by atoms with Crippen molar-refractivity contribution in [3.63, 3.8) is 0 Å². The predicted molar refractivity (Wildman–Crippen MR) is 46.0 cm³/mol. The molecule has 4 heteroatoms. The molecular formula is C9H15NO3. The van der Waals surface area contributed by atoms with Gasteiger partial charge in [-0.2, -0.15) is 0 Å². The van der Waals surface area contributed by atoms with Gasteiger partial charge in [-0.15, -0.1) is 0 Å². The SMILES string of the molecule is COC(=O)C(N)C1CC2CCC1O2. The normalized spacial score (nSPS) is 39.1. The lowest BCUT2D eigenvalue weighted by molar-refractivity contribution is -0.144.